The van der Waals surface area contributed by atoms with E-state index in [2.05, 4.69) is 17.0 Å². The van der Waals surface area contributed by atoms with Gasteiger partial charge in [-0.25, -0.2) is 0 Å². The third kappa shape index (κ3) is 2.95. The van der Waals surface area contributed by atoms with Crippen LogP contribution >= 0.6 is 0 Å². The quantitative estimate of drug-likeness (QED) is 0.770. The highest BCUT2D eigenvalue weighted by Gasteiger charge is 2.13. The van der Waals surface area contributed by atoms with Crippen molar-refractivity contribution in [2.24, 2.45) is 0 Å². The van der Waals surface area contributed by atoms with E-state index in [1.54, 1.807) is 4.68 Å². The van der Waals surface area contributed by atoms with Crippen molar-refractivity contribution < 1.29 is 4.79 Å². The van der Waals surface area contributed by atoms with Crippen LogP contribution in [0.5, 0.6) is 0 Å². The number of aromatic nitrogens is 2. The fourth-order valence-electron chi connectivity index (χ4n) is 1.39. The first kappa shape index (κ1) is 12.5. The van der Waals surface area contributed by atoms with Gasteiger partial charge < -0.3 is 5.32 Å². The first-order chi connectivity index (χ1) is 7.58. The first-order valence-corrected chi connectivity index (χ1v) is 5.57. The molecule has 0 unspecified atom stereocenters. The standard InChI is InChI=1S/C12H19N3O/c1-5-10-7-11(15(6-2)14-10)12(16)13-8-9(3)4/h7H,3,5-6,8H2,1-2,4H3,(H,13,16). The minimum absolute atomic E-state index is 0.0861. The van der Waals surface area contributed by atoms with E-state index in [4.69, 9.17) is 0 Å². The van der Waals surface area contributed by atoms with Gasteiger partial charge in [0.05, 0.1) is 5.69 Å². The third-order valence-electron chi connectivity index (χ3n) is 2.28. The van der Waals surface area contributed by atoms with Gasteiger partial charge in [0.25, 0.3) is 5.91 Å². The molecule has 1 amide bonds. The number of carbonyl (C=O) groups is 1. The molecule has 16 heavy (non-hydrogen) atoms. The highest BCUT2D eigenvalue weighted by Crippen LogP contribution is 2.05. The van der Waals surface area contributed by atoms with E-state index in [-0.39, 0.29) is 5.91 Å². The van der Waals surface area contributed by atoms with Gasteiger partial charge in [0.1, 0.15) is 5.69 Å². The maximum atomic E-state index is 11.8. The fraction of sp³-hybridized carbons (Fsp3) is 0.500. The summed E-state index contributed by atoms with van der Waals surface area (Å²) >= 11 is 0. The SMILES string of the molecule is C=C(C)CNC(=O)c1cc(CC)nn1CC. The maximum Gasteiger partial charge on any atom is 0.269 e. The molecule has 1 aromatic heterocycles. The van der Waals surface area contributed by atoms with Crippen molar-refractivity contribution in [1.82, 2.24) is 15.1 Å². The van der Waals surface area contributed by atoms with Gasteiger partial charge in [-0.05, 0) is 26.3 Å². The molecule has 1 heterocycles. The van der Waals surface area contributed by atoms with Crippen LogP contribution in [-0.4, -0.2) is 22.2 Å². The Morgan fingerprint density at radius 3 is 2.75 bits per heavy atom. The lowest BCUT2D eigenvalue weighted by molar-refractivity contribution is 0.0946. The lowest BCUT2D eigenvalue weighted by atomic mass is 10.3. The molecule has 1 N–H and O–H groups in total. The summed E-state index contributed by atoms with van der Waals surface area (Å²) in [5, 5.41) is 7.14. The van der Waals surface area contributed by atoms with E-state index >= 15 is 0 Å². The van der Waals surface area contributed by atoms with Gasteiger partial charge in [-0.1, -0.05) is 19.1 Å². The second-order valence-corrected chi connectivity index (χ2v) is 3.83. The van der Waals surface area contributed by atoms with E-state index in [9.17, 15) is 4.79 Å². The minimum atomic E-state index is -0.0861. The van der Waals surface area contributed by atoms with Gasteiger partial charge in [-0.2, -0.15) is 5.10 Å². The highest BCUT2D eigenvalue weighted by atomic mass is 16.2. The first-order valence-electron chi connectivity index (χ1n) is 5.57. The second-order valence-electron chi connectivity index (χ2n) is 3.83. The van der Waals surface area contributed by atoms with Crippen LogP contribution in [-0.2, 0) is 13.0 Å². The molecule has 88 valence electrons. The highest BCUT2D eigenvalue weighted by molar-refractivity contribution is 5.92. The Morgan fingerprint density at radius 1 is 1.56 bits per heavy atom. The molecular formula is C12H19N3O. The molecule has 0 saturated heterocycles. The van der Waals surface area contributed by atoms with Gasteiger partial charge in [-0.15, -0.1) is 0 Å². The number of hydrogen-bond donors (Lipinski definition) is 1. The number of nitrogens with one attached hydrogen (secondary N) is 1. The molecule has 0 aliphatic heterocycles. The van der Waals surface area contributed by atoms with Crippen molar-refractivity contribution in [3.63, 3.8) is 0 Å². The van der Waals surface area contributed by atoms with E-state index in [0.717, 1.165) is 17.7 Å². The Morgan fingerprint density at radius 2 is 2.25 bits per heavy atom. The van der Waals surface area contributed by atoms with Gasteiger partial charge in [0.15, 0.2) is 0 Å². The van der Waals surface area contributed by atoms with Crippen LogP contribution in [0.1, 0.15) is 37.0 Å². The van der Waals surface area contributed by atoms with Crippen LogP contribution < -0.4 is 5.32 Å². The van der Waals surface area contributed by atoms with Gasteiger partial charge >= 0.3 is 0 Å². The predicted molar refractivity (Wildman–Crippen MR) is 64.4 cm³/mol. The topological polar surface area (TPSA) is 46.9 Å². The zero-order valence-corrected chi connectivity index (χ0v) is 10.2. The Balaban J connectivity index is 2.80. The van der Waals surface area contributed by atoms with Crippen LogP contribution in [0.4, 0.5) is 0 Å². The number of aryl methyl sites for hydroxylation is 2. The smallest absolute Gasteiger partial charge is 0.269 e. The van der Waals surface area contributed by atoms with Crippen molar-refractivity contribution >= 4 is 5.91 Å². The predicted octanol–water partition coefficient (Wildman–Crippen LogP) is 1.77. The molecule has 0 bridgehead atoms. The monoisotopic (exact) mass is 221 g/mol. The fourth-order valence-corrected chi connectivity index (χ4v) is 1.39. The Kier molecular flexibility index (Phi) is 4.28. The summed E-state index contributed by atoms with van der Waals surface area (Å²) in [5.74, 6) is -0.0861. The molecule has 0 aromatic carbocycles. The van der Waals surface area contributed by atoms with Crippen molar-refractivity contribution in [2.75, 3.05) is 6.54 Å². The molecule has 4 heteroatoms. The molecule has 0 fully saturated rings. The summed E-state index contributed by atoms with van der Waals surface area (Å²) in [6, 6.07) is 1.84. The average molecular weight is 221 g/mol. The lowest BCUT2D eigenvalue weighted by Gasteiger charge is -2.05. The largest absolute Gasteiger partial charge is 0.347 e. The van der Waals surface area contributed by atoms with Crippen LogP contribution in [0.2, 0.25) is 0 Å². The Bertz CT molecular complexity index is 393. The van der Waals surface area contributed by atoms with Crippen molar-refractivity contribution in [3.8, 4) is 0 Å². The molecule has 0 spiro atoms. The van der Waals surface area contributed by atoms with Gasteiger partial charge in [0.2, 0.25) is 0 Å². The van der Waals surface area contributed by atoms with Gasteiger partial charge in [0, 0.05) is 13.1 Å². The summed E-state index contributed by atoms with van der Waals surface area (Å²) < 4.78 is 1.73. The summed E-state index contributed by atoms with van der Waals surface area (Å²) in [5.41, 5.74) is 2.51. The molecule has 0 saturated carbocycles. The summed E-state index contributed by atoms with van der Waals surface area (Å²) in [4.78, 5) is 11.8. The molecular weight excluding hydrogens is 202 g/mol. The Hall–Kier alpha value is -1.58. The second kappa shape index (κ2) is 5.49. The number of carbonyl (C=O) groups excluding carboxylic acids is 1. The summed E-state index contributed by atoms with van der Waals surface area (Å²) in [6.07, 6.45) is 0.841. The van der Waals surface area contributed by atoms with Crippen LogP contribution in [0.3, 0.4) is 0 Å². The summed E-state index contributed by atoms with van der Waals surface area (Å²) in [7, 11) is 0. The van der Waals surface area contributed by atoms with E-state index in [1.165, 1.54) is 0 Å². The Labute approximate surface area is 96.3 Å². The molecule has 0 aliphatic carbocycles. The molecule has 1 rings (SSSR count). The molecule has 0 radical (unpaired) electrons. The van der Waals surface area contributed by atoms with Crippen molar-refractivity contribution in [1.29, 1.82) is 0 Å². The van der Waals surface area contributed by atoms with Crippen molar-refractivity contribution in [3.05, 3.63) is 29.6 Å². The molecule has 0 atom stereocenters. The van der Waals surface area contributed by atoms with E-state index in [1.807, 2.05) is 26.8 Å². The van der Waals surface area contributed by atoms with Gasteiger partial charge in [-0.3, -0.25) is 9.48 Å². The number of amides is 1. The molecule has 4 nitrogen and oxygen atoms in total. The zero-order valence-electron chi connectivity index (χ0n) is 10.2. The number of hydrogen-bond acceptors (Lipinski definition) is 2. The normalized spacial score (nSPS) is 10.2. The van der Waals surface area contributed by atoms with Crippen LogP contribution in [0, 0.1) is 0 Å². The maximum absolute atomic E-state index is 11.8. The van der Waals surface area contributed by atoms with Crippen LogP contribution in [0.15, 0.2) is 18.2 Å². The number of rotatable bonds is 5. The van der Waals surface area contributed by atoms with E-state index < -0.39 is 0 Å². The third-order valence-corrected chi connectivity index (χ3v) is 2.28. The summed E-state index contributed by atoms with van der Waals surface area (Å²) in [6.45, 7) is 10.8. The van der Waals surface area contributed by atoms with E-state index in [0.29, 0.717) is 18.8 Å². The van der Waals surface area contributed by atoms with Crippen LogP contribution in [0.25, 0.3) is 0 Å². The lowest BCUT2D eigenvalue weighted by Crippen LogP contribution is -2.27. The molecule has 1 aromatic rings. The van der Waals surface area contributed by atoms with Crippen molar-refractivity contribution in [2.45, 2.75) is 33.7 Å². The zero-order chi connectivity index (χ0) is 12.1. The average Bonchev–Trinajstić information content (AvgIpc) is 2.68. The molecule has 0 aliphatic rings. The minimum Gasteiger partial charge on any atom is -0.347 e. The number of nitrogens with zero attached hydrogens (tertiary/aromatic N) is 2.